The molecule has 0 radical (unpaired) electrons. The van der Waals surface area contributed by atoms with E-state index in [1.54, 1.807) is 22.9 Å². The van der Waals surface area contributed by atoms with Crippen LogP contribution in [-0.2, 0) is 4.79 Å². The standard InChI is InChI=1S/C19H18FN3O3/c1-2-11-8-17(25)22-15(11)10-26-16-4-3-14(20)13-7-12(9-24)19-21-5-6-23(19)18(13)16/h3-7,9,11,15H,2,8,10H2,1H3,(H,22,25). The molecule has 3 heterocycles. The number of pyridine rings is 1. The van der Waals surface area contributed by atoms with Gasteiger partial charge in [0.15, 0.2) is 6.29 Å². The minimum Gasteiger partial charge on any atom is -0.489 e. The summed E-state index contributed by atoms with van der Waals surface area (Å²) in [5, 5.41) is 3.22. The van der Waals surface area contributed by atoms with Crippen molar-refractivity contribution in [2.75, 3.05) is 6.61 Å². The van der Waals surface area contributed by atoms with Gasteiger partial charge in [-0.05, 0) is 24.1 Å². The summed E-state index contributed by atoms with van der Waals surface area (Å²) in [5.74, 6) is 0.302. The molecule has 1 saturated heterocycles. The topological polar surface area (TPSA) is 72.7 Å². The highest BCUT2D eigenvalue weighted by Crippen LogP contribution is 2.31. The van der Waals surface area contributed by atoms with Gasteiger partial charge in [-0.25, -0.2) is 9.37 Å². The Hall–Kier alpha value is -2.96. The predicted octanol–water partition coefficient (Wildman–Crippen LogP) is 2.73. The van der Waals surface area contributed by atoms with E-state index in [1.807, 2.05) is 6.92 Å². The fourth-order valence-corrected chi connectivity index (χ4v) is 3.62. The normalized spacial score (nSPS) is 19.8. The van der Waals surface area contributed by atoms with Gasteiger partial charge in [-0.1, -0.05) is 13.3 Å². The first-order valence-corrected chi connectivity index (χ1v) is 8.58. The van der Waals surface area contributed by atoms with Crippen molar-refractivity contribution in [2.24, 2.45) is 5.92 Å². The van der Waals surface area contributed by atoms with Crippen molar-refractivity contribution < 1.29 is 18.7 Å². The number of imidazole rings is 1. The molecule has 1 fully saturated rings. The number of hydrogen-bond acceptors (Lipinski definition) is 4. The van der Waals surface area contributed by atoms with Gasteiger partial charge < -0.3 is 10.1 Å². The zero-order valence-electron chi connectivity index (χ0n) is 14.2. The highest BCUT2D eigenvalue weighted by Gasteiger charge is 2.31. The summed E-state index contributed by atoms with van der Waals surface area (Å²) in [5.41, 5.74) is 1.27. The summed E-state index contributed by atoms with van der Waals surface area (Å²) in [4.78, 5) is 27.1. The average Bonchev–Trinajstić information content (AvgIpc) is 3.27. The second-order valence-electron chi connectivity index (χ2n) is 6.50. The largest absolute Gasteiger partial charge is 0.489 e. The Balaban J connectivity index is 1.76. The molecule has 2 unspecified atom stereocenters. The fraction of sp³-hybridized carbons (Fsp3) is 0.316. The van der Waals surface area contributed by atoms with Crippen molar-refractivity contribution in [3.63, 3.8) is 0 Å². The predicted molar refractivity (Wildman–Crippen MR) is 93.9 cm³/mol. The summed E-state index contributed by atoms with van der Waals surface area (Å²) >= 11 is 0. The Morgan fingerprint density at radius 1 is 1.46 bits per heavy atom. The molecule has 2 atom stereocenters. The van der Waals surface area contributed by atoms with Crippen LogP contribution in [0.5, 0.6) is 5.75 Å². The molecule has 1 aliphatic rings. The number of hydrogen-bond donors (Lipinski definition) is 1. The number of halogens is 1. The van der Waals surface area contributed by atoms with E-state index in [-0.39, 0.29) is 23.3 Å². The van der Waals surface area contributed by atoms with Gasteiger partial charge in [0.2, 0.25) is 5.91 Å². The smallest absolute Gasteiger partial charge is 0.220 e. The first kappa shape index (κ1) is 16.5. The SMILES string of the molecule is CCC1CC(=O)NC1COc1ccc(F)c2cc(C=O)c3nccn3c12. The third-order valence-electron chi connectivity index (χ3n) is 5.00. The number of aromatic nitrogens is 2. The lowest BCUT2D eigenvalue weighted by Crippen LogP contribution is -2.34. The lowest BCUT2D eigenvalue weighted by molar-refractivity contribution is -0.119. The van der Waals surface area contributed by atoms with E-state index in [0.29, 0.717) is 41.8 Å². The molecule has 4 rings (SSSR count). The molecule has 1 N–H and O–H groups in total. The van der Waals surface area contributed by atoms with Crippen LogP contribution in [0.15, 0.2) is 30.6 Å². The third kappa shape index (κ3) is 2.60. The van der Waals surface area contributed by atoms with Gasteiger partial charge in [0.25, 0.3) is 0 Å². The Kier molecular flexibility index (Phi) is 4.06. The molecule has 26 heavy (non-hydrogen) atoms. The summed E-state index contributed by atoms with van der Waals surface area (Å²) in [6.07, 6.45) is 5.27. The average molecular weight is 355 g/mol. The minimum absolute atomic E-state index is 0.0297. The van der Waals surface area contributed by atoms with Gasteiger partial charge >= 0.3 is 0 Å². The zero-order chi connectivity index (χ0) is 18.3. The van der Waals surface area contributed by atoms with Crippen LogP contribution in [0.3, 0.4) is 0 Å². The van der Waals surface area contributed by atoms with E-state index in [1.165, 1.54) is 12.1 Å². The van der Waals surface area contributed by atoms with E-state index < -0.39 is 5.82 Å². The van der Waals surface area contributed by atoms with Crippen LogP contribution in [0.4, 0.5) is 4.39 Å². The van der Waals surface area contributed by atoms with Crippen molar-refractivity contribution in [2.45, 2.75) is 25.8 Å². The van der Waals surface area contributed by atoms with Crippen molar-refractivity contribution in [3.8, 4) is 5.75 Å². The minimum atomic E-state index is -0.438. The zero-order valence-corrected chi connectivity index (χ0v) is 14.2. The maximum atomic E-state index is 14.4. The number of nitrogens with zero attached hydrogens (tertiary/aromatic N) is 2. The lowest BCUT2D eigenvalue weighted by Gasteiger charge is -2.19. The summed E-state index contributed by atoms with van der Waals surface area (Å²) in [7, 11) is 0. The molecular weight excluding hydrogens is 337 g/mol. The number of rotatable bonds is 5. The van der Waals surface area contributed by atoms with Gasteiger partial charge in [-0.15, -0.1) is 0 Å². The van der Waals surface area contributed by atoms with Crippen LogP contribution >= 0.6 is 0 Å². The lowest BCUT2D eigenvalue weighted by atomic mass is 9.98. The summed E-state index contributed by atoms with van der Waals surface area (Å²) < 4.78 is 22.0. The van der Waals surface area contributed by atoms with E-state index >= 15 is 0 Å². The van der Waals surface area contributed by atoms with E-state index in [9.17, 15) is 14.0 Å². The Labute approximate surface area is 149 Å². The van der Waals surface area contributed by atoms with Crippen LogP contribution in [0.25, 0.3) is 16.6 Å². The molecule has 0 saturated carbocycles. The van der Waals surface area contributed by atoms with Crippen LogP contribution < -0.4 is 10.1 Å². The molecule has 0 spiro atoms. The van der Waals surface area contributed by atoms with Crippen molar-refractivity contribution >= 4 is 28.7 Å². The van der Waals surface area contributed by atoms with Gasteiger partial charge in [-0.2, -0.15) is 0 Å². The fourth-order valence-electron chi connectivity index (χ4n) is 3.62. The van der Waals surface area contributed by atoms with Crippen LogP contribution in [0, 0.1) is 11.7 Å². The van der Waals surface area contributed by atoms with Crippen molar-refractivity contribution in [3.05, 3.63) is 42.0 Å². The third-order valence-corrected chi connectivity index (χ3v) is 5.00. The highest BCUT2D eigenvalue weighted by molar-refractivity contribution is 5.96. The Morgan fingerprint density at radius 3 is 3.08 bits per heavy atom. The molecule has 7 heteroatoms. The first-order chi connectivity index (χ1) is 12.6. The Morgan fingerprint density at radius 2 is 2.31 bits per heavy atom. The van der Waals surface area contributed by atoms with Crippen LogP contribution in [0.2, 0.25) is 0 Å². The number of ether oxygens (including phenoxy) is 1. The maximum absolute atomic E-state index is 14.4. The summed E-state index contributed by atoms with van der Waals surface area (Å²) in [6, 6.07) is 4.30. The molecule has 0 bridgehead atoms. The second-order valence-corrected chi connectivity index (χ2v) is 6.50. The molecule has 6 nitrogen and oxygen atoms in total. The van der Waals surface area contributed by atoms with Crippen molar-refractivity contribution in [1.29, 1.82) is 0 Å². The van der Waals surface area contributed by atoms with Crippen LogP contribution in [-0.4, -0.2) is 34.2 Å². The van der Waals surface area contributed by atoms with E-state index in [4.69, 9.17) is 4.74 Å². The molecule has 3 aromatic rings. The number of carbonyl (C=O) groups excluding carboxylic acids is 2. The van der Waals surface area contributed by atoms with Gasteiger partial charge in [0, 0.05) is 24.2 Å². The van der Waals surface area contributed by atoms with Gasteiger partial charge in [0.05, 0.1) is 17.1 Å². The second kappa shape index (κ2) is 6.40. The van der Waals surface area contributed by atoms with E-state index in [2.05, 4.69) is 10.3 Å². The monoisotopic (exact) mass is 355 g/mol. The first-order valence-electron chi connectivity index (χ1n) is 8.58. The molecule has 1 aliphatic heterocycles. The van der Waals surface area contributed by atoms with Crippen molar-refractivity contribution in [1.82, 2.24) is 14.7 Å². The van der Waals surface area contributed by atoms with Gasteiger partial charge in [0.1, 0.15) is 23.8 Å². The molecule has 1 aromatic carbocycles. The maximum Gasteiger partial charge on any atom is 0.220 e. The molecular formula is C19H18FN3O3. The number of amides is 1. The van der Waals surface area contributed by atoms with Crippen LogP contribution in [0.1, 0.15) is 30.1 Å². The molecule has 0 aliphatic carbocycles. The number of carbonyl (C=O) groups is 2. The number of benzene rings is 1. The Bertz CT molecular complexity index is 1010. The summed E-state index contributed by atoms with van der Waals surface area (Å²) in [6.45, 7) is 2.35. The van der Waals surface area contributed by atoms with E-state index in [0.717, 1.165) is 6.42 Å². The van der Waals surface area contributed by atoms with Gasteiger partial charge in [-0.3, -0.25) is 14.0 Å². The highest BCUT2D eigenvalue weighted by atomic mass is 19.1. The number of aldehydes is 1. The number of fused-ring (bicyclic) bond motifs is 3. The molecule has 134 valence electrons. The number of nitrogens with one attached hydrogen (secondary N) is 1. The quantitative estimate of drug-likeness (QED) is 0.714. The molecule has 1 amide bonds. The molecule has 2 aromatic heterocycles.